The highest BCUT2D eigenvalue weighted by Crippen LogP contribution is 2.01. The van der Waals surface area contributed by atoms with Crippen LogP contribution in [0.2, 0.25) is 0 Å². The zero-order valence-corrected chi connectivity index (χ0v) is 7.83. The van der Waals surface area contributed by atoms with E-state index >= 15 is 0 Å². The number of nitrogens with zero attached hydrogens (tertiary/aromatic N) is 2. The molecule has 1 heterocycles. The molecule has 0 aromatic carbocycles. The maximum absolute atomic E-state index is 10.4. The molecule has 3 heteroatoms. The molecule has 1 amide bonds. The molecule has 0 atom stereocenters. The van der Waals surface area contributed by atoms with Crippen molar-refractivity contribution in [1.82, 2.24) is 9.80 Å². The van der Waals surface area contributed by atoms with E-state index in [9.17, 15) is 4.79 Å². The van der Waals surface area contributed by atoms with Crippen LogP contribution < -0.4 is 0 Å². The quantitative estimate of drug-likeness (QED) is 0.576. The Hall–Kier alpha value is -0.570. The molecule has 0 aliphatic carbocycles. The molecule has 0 N–H and O–H groups in total. The van der Waals surface area contributed by atoms with Gasteiger partial charge in [0.25, 0.3) is 0 Å². The Bertz CT molecular complexity index is 130. The Labute approximate surface area is 74.3 Å². The first kappa shape index (κ1) is 9.52. The number of rotatable bonds is 4. The highest BCUT2D eigenvalue weighted by Gasteiger charge is 2.13. The van der Waals surface area contributed by atoms with Gasteiger partial charge in [-0.15, -0.1) is 0 Å². The molecule has 0 aromatic heterocycles. The van der Waals surface area contributed by atoms with Crippen LogP contribution in [0, 0.1) is 0 Å². The predicted molar refractivity (Wildman–Crippen MR) is 49.0 cm³/mol. The zero-order valence-electron chi connectivity index (χ0n) is 7.83. The van der Waals surface area contributed by atoms with E-state index in [-0.39, 0.29) is 0 Å². The average molecular weight is 170 g/mol. The molecule has 1 fully saturated rings. The summed E-state index contributed by atoms with van der Waals surface area (Å²) in [5.41, 5.74) is 0. The van der Waals surface area contributed by atoms with Crippen molar-refractivity contribution < 1.29 is 4.79 Å². The third-order valence-corrected chi connectivity index (χ3v) is 2.38. The van der Waals surface area contributed by atoms with Crippen LogP contribution in [0.1, 0.15) is 19.8 Å². The van der Waals surface area contributed by atoms with E-state index in [1.807, 2.05) is 4.90 Å². The van der Waals surface area contributed by atoms with Gasteiger partial charge >= 0.3 is 0 Å². The standard InChI is InChI=1S/C9H18N2O/c1-2-3-4-10-5-7-11(9-12)8-6-10/h9H,2-8H2,1H3. The molecule has 0 radical (unpaired) electrons. The lowest BCUT2D eigenvalue weighted by atomic mass is 10.3. The lowest BCUT2D eigenvalue weighted by molar-refractivity contribution is -0.119. The lowest BCUT2D eigenvalue weighted by Gasteiger charge is -2.32. The number of hydrogen-bond donors (Lipinski definition) is 0. The van der Waals surface area contributed by atoms with Crippen LogP contribution in [0.4, 0.5) is 0 Å². The fraction of sp³-hybridized carbons (Fsp3) is 0.889. The maximum Gasteiger partial charge on any atom is 0.209 e. The van der Waals surface area contributed by atoms with Crippen LogP contribution in [0.3, 0.4) is 0 Å². The van der Waals surface area contributed by atoms with Crippen molar-refractivity contribution in [2.45, 2.75) is 19.8 Å². The van der Waals surface area contributed by atoms with E-state index < -0.39 is 0 Å². The third kappa shape index (κ3) is 2.81. The van der Waals surface area contributed by atoms with E-state index in [0.717, 1.165) is 32.6 Å². The molecule has 1 aliphatic heterocycles. The number of amides is 1. The van der Waals surface area contributed by atoms with Crippen molar-refractivity contribution in [3.63, 3.8) is 0 Å². The third-order valence-electron chi connectivity index (χ3n) is 2.38. The SMILES string of the molecule is CCCCN1CCN(C=O)CC1. The summed E-state index contributed by atoms with van der Waals surface area (Å²) >= 11 is 0. The number of hydrogen-bond acceptors (Lipinski definition) is 2. The summed E-state index contributed by atoms with van der Waals surface area (Å²) in [7, 11) is 0. The minimum absolute atomic E-state index is 0.910. The Kier molecular flexibility index (Phi) is 4.08. The number of carbonyl (C=O) groups is 1. The van der Waals surface area contributed by atoms with Crippen LogP contribution in [0.15, 0.2) is 0 Å². The van der Waals surface area contributed by atoms with Gasteiger partial charge in [0.1, 0.15) is 0 Å². The van der Waals surface area contributed by atoms with Crippen LogP contribution >= 0.6 is 0 Å². The average Bonchev–Trinajstić information content (AvgIpc) is 2.15. The van der Waals surface area contributed by atoms with Gasteiger partial charge in [0.05, 0.1) is 0 Å². The molecule has 1 rings (SSSR count). The monoisotopic (exact) mass is 170 g/mol. The van der Waals surface area contributed by atoms with E-state index in [4.69, 9.17) is 0 Å². The minimum Gasteiger partial charge on any atom is -0.343 e. The molecule has 0 unspecified atom stereocenters. The summed E-state index contributed by atoms with van der Waals surface area (Å²) < 4.78 is 0. The second kappa shape index (κ2) is 5.14. The van der Waals surface area contributed by atoms with Crippen molar-refractivity contribution in [3.05, 3.63) is 0 Å². The Morgan fingerprint density at radius 2 is 1.92 bits per heavy atom. The first-order valence-corrected chi connectivity index (χ1v) is 4.78. The summed E-state index contributed by atoms with van der Waals surface area (Å²) in [5, 5.41) is 0. The first-order chi connectivity index (χ1) is 5.86. The number of piperazine rings is 1. The highest BCUT2D eigenvalue weighted by molar-refractivity contribution is 5.47. The van der Waals surface area contributed by atoms with Gasteiger partial charge in [-0.2, -0.15) is 0 Å². The lowest BCUT2D eigenvalue weighted by Crippen LogP contribution is -2.45. The molecule has 0 bridgehead atoms. The molecular formula is C9H18N2O. The molecule has 0 aromatic rings. The molecule has 0 spiro atoms. The normalized spacial score (nSPS) is 19.6. The molecular weight excluding hydrogens is 152 g/mol. The van der Waals surface area contributed by atoms with Crippen LogP contribution in [-0.2, 0) is 4.79 Å². The molecule has 3 nitrogen and oxygen atoms in total. The van der Waals surface area contributed by atoms with Crippen LogP contribution in [-0.4, -0.2) is 48.9 Å². The fourth-order valence-corrected chi connectivity index (χ4v) is 1.47. The first-order valence-electron chi connectivity index (χ1n) is 4.78. The second-order valence-corrected chi connectivity index (χ2v) is 3.34. The summed E-state index contributed by atoms with van der Waals surface area (Å²) in [6.07, 6.45) is 3.49. The molecule has 12 heavy (non-hydrogen) atoms. The van der Waals surface area contributed by atoms with Gasteiger partial charge in [-0.25, -0.2) is 0 Å². The van der Waals surface area contributed by atoms with E-state index in [1.165, 1.54) is 19.4 Å². The van der Waals surface area contributed by atoms with E-state index in [0.29, 0.717) is 0 Å². The van der Waals surface area contributed by atoms with Crippen molar-refractivity contribution in [2.24, 2.45) is 0 Å². The van der Waals surface area contributed by atoms with E-state index in [2.05, 4.69) is 11.8 Å². The highest BCUT2D eigenvalue weighted by atomic mass is 16.1. The molecule has 1 saturated heterocycles. The van der Waals surface area contributed by atoms with Gasteiger partial charge in [0.15, 0.2) is 0 Å². The van der Waals surface area contributed by atoms with Gasteiger partial charge < -0.3 is 4.90 Å². The zero-order chi connectivity index (χ0) is 8.81. The molecule has 70 valence electrons. The maximum atomic E-state index is 10.4. The summed E-state index contributed by atoms with van der Waals surface area (Å²) in [6.45, 7) is 7.34. The Morgan fingerprint density at radius 3 is 2.42 bits per heavy atom. The number of unbranched alkanes of at least 4 members (excludes halogenated alkanes) is 1. The largest absolute Gasteiger partial charge is 0.343 e. The summed E-state index contributed by atoms with van der Waals surface area (Å²) in [5.74, 6) is 0. The topological polar surface area (TPSA) is 23.6 Å². The van der Waals surface area contributed by atoms with Gasteiger partial charge in [-0.3, -0.25) is 9.69 Å². The van der Waals surface area contributed by atoms with Gasteiger partial charge in [-0.1, -0.05) is 13.3 Å². The predicted octanol–water partition coefficient (Wildman–Crippen LogP) is 0.560. The van der Waals surface area contributed by atoms with Crippen LogP contribution in [0.25, 0.3) is 0 Å². The van der Waals surface area contributed by atoms with Crippen molar-refractivity contribution in [2.75, 3.05) is 32.7 Å². The smallest absolute Gasteiger partial charge is 0.209 e. The van der Waals surface area contributed by atoms with Crippen molar-refractivity contribution in [3.8, 4) is 0 Å². The number of carbonyl (C=O) groups excluding carboxylic acids is 1. The molecule has 1 aliphatic rings. The molecule has 0 saturated carbocycles. The fourth-order valence-electron chi connectivity index (χ4n) is 1.47. The second-order valence-electron chi connectivity index (χ2n) is 3.34. The van der Waals surface area contributed by atoms with Crippen molar-refractivity contribution in [1.29, 1.82) is 0 Å². The van der Waals surface area contributed by atoms with Gasteiger partial charge in [0, 0.05) is 26.2 Å². The van der Waals surface area contributed by atoms with Crippen molar-refractivity contribution >= 4 is 6.41 Å². The van der Waals surface area contributed by atoms with Crippen LogP contribution in [0.5, 0.6) is 0 Å². The summed E-state index contributed by atoms with van der Waals surface area (Å²) in [6, 6.07) is 0. The minimum atomic E-state index is 0.910. The Morgan fingerprint density at radius 1 is 1.25 bits per heavy atom. The van der Waals surface area contributed by atoms with E-state index in [1.54, 1.807) is 0 Å². The van der Waals surface area contributed by atoms with Gasteiger partial charge in [-0.05, 0) is 13.0 Å². The van der Waals surface area contributed by atoms with Gasteiger partial charge in [0.2, 0.25) is 6.41 Å². The summed E-state index contributed by atoms with van der Waals surface area (Å²) in [4.78, 5) is 14.7. The Balaban J connectivity index is 2.12.